The fourth-order valence-corrected chi connectivity index (χ4v) is 1.36. The van der Waals surface area contributed by atoms with Gasteiger partial charge in [-0.15, -0.1) is 0 Å². The third-order valence-corrected chi connectivity index (χ3v) is 2.92. The number of amides is 1. The molecule has 0 saturated carbocycles. The van der Waals surface area contributed by atoms with Crippen LogP contribution in [0.15, 0.2) is 0 Å². The van der Waals surface area contributed by atoms with Gasteiger partial charge >= 0.3 is 5.97 Å². The predicted molar refractivity (Wildman–Crippen MR) is 71.4 cm³/mol. The third-order valence-electron chi connectivity index (χ3n) is 2.92. The largest absolute Gasteiger partial charge is 0.481 e. The fraction of sp³-hybridized carbons (Fsp3) is 0.846. The number of aliphatic hydroxyl groups is 1. The number of likely N-dealkylation sites (N-methyl/N-ethyl adjacent to an activating group) is 1. The molecule has 0 atom stereocenters. The summed E-state index contributed by atoms with van der Waals surface area (Å²) in [6, 6.07) is 0. The molecule has 0 radical (unpaired) electrons. The van der Waals surface area contributed by atoms with Crippen molar-refractivity contribution in [3.05, 3.63) is 0 Å². The van der Waals surface area contributed by atoms with Crippen molar-refractivity contribution < 1.29 is 19.8 Å². The van der Waals surface area contributed by atoms with E-state index in [1.54, 1.807) is 11.8 Å². The summed E-state index contributed by atoms with van der Waals surface area (Å²) in [4.78, 5) is 22.8. The summed E-state index contributed by atoms with van der Waals surface area (Å²) in [7, 11) is 0. The number of nitrogens with zero attached hydrogens (tertiary/aromatic N) is 1. The molecule has 2 N–H and O–H groups in total. The van der Waals surface area contributed by atoms with Crippen molar-refractivity contribution in [2.75, 3.05) is 13.1 Å². The Morgan fingerprint density at radius 1 is 1.00 bits per heavy atom. The van der Waals surface area contributed by atoms with Gasteiger partial charge in [0.1, 0.15) is 5.60 Å². The first-order chi connectivity index (χ1) is 8.32. The number of rotatable bonds is 6. The van der Waals surface area contributed by atoms with E-state index in [-0.39, 0.29) is 12.3 Å². The zero-order valence-corrected chi connectivity index (χ0v) is 12.2. The van der Waals surface area contributed by atoms with E-state index < -0.39 is 11.6 Å². The Bertz CT molecular complexity index is 245. The van der Waals surface area contributed by atoms with Crippen molar-refractivity contribution in [1.82, 2.24) is 4.90 Å². The molecular weight excluding hydrogens is 234 g/mol. The van der Waals surface area contributed by atoms with Gasteiger partial charge in [-0.1, -0.05) is 20.8 Å². The predicted octanol–water partition coefficient (Wildman–Crippen LogP) is 1.89. The molecule has 0 saturated heterocycles. The maximum atomic E-state index is 11.8. The molecule has 5 nitrogen and oxygen atoms in total. The second-order valence-corrected chi connectivity index (χ2v) is 3.96. The maximum absolute atomic E-state index is 11.8. The van der Waals surface area contributed by atoms with E-state index in [2.05, 4.69) is 0 Å². The van der Waals surface area contributed by atoms with Crippen LogP contribution in [-0.2, 0) is 9.59 Å². The van der Waals surface area contributed by atoms with Crippen molar-refractivity contribution in [2.45, 2.75) is 59.5 Å². The minimum atomic E-state index is -1.15. The topological polar surface area (TPSA) is 77.8 Å². The van der Waals surface area contributed by atoms with E-state index >= 15 is 0 Å². The van der Waals surface area contributed by atoms with E-state index in [1.165, 1.54) is 0 Å². The third kappa shape index (κ3) is 6.59. The summed E-state index contributed by atoms with van der Waals surface area (Å²) >= 11 is 0. The smallest absolute Gasteiger partial charge is 0.303 e. The van der Waals surface area contributed by atoms with Crippen LogP contribution in [0.5, 0.6) is 0 Å². The lowest BCUT2D eigenvalue weighted by Gasteiger charge is -2.30. The van der Waals surface area contributed by atoms with Gasteiger partial charge in [0.15, 0.2) is 0 Å². The zero-order valence-electron chi connectivity index (χ0n) is 12.2. The first-order valence-electron chi connectivity index (χ1n) is 6.56. The van der Waals surface area contributed by atoms with Crippen molar-refractivity contribution in [3.63, 3.8) is 0 Å². The number of hydrogen-bond acceptors (Lipinski definition) is 3. The first kappa shape index (κ1) is 19.2. The van der Waals surface area contributed by atoms with Crippen LogP contribution >= 0.6 is 0 Å². The van der Waals surface area contributed by atoms with Crippen molar-refractivity contribution in [2.24, 2.45) is 0 Å². The normalized spacial score (nSPS) is 10.3. The SMILES string of the molecule is CCC(=O)O.CCN(CC)C(=O)C(O)(CC)CC. The molecule has 0 aromatic heterocycles. The minimum Gasteiger partial charge on any atom is -0.481 e. The number of carboxylic acids is 1. The summed E-state index contributed by atoms with van der Waals surface area (Å²) in [5.74, 6) is -0.882. The molecule has 0 heterocycles. The number of aliphatic carboxylic acids is 1. The molecule has 0 bridgehead atoms. The first-order valence-corrected chi connectivity index (χ1v) is 6.56. The van der Waals surface area contributed by atoms with Crippen molar-refractivity contribution >= 4 is 11.9 Å². The van der Waals surface area contributed by atoms with Gasteiger partial charge in [0, 0.05) is 19.5 Å². The average molecular weight is 261 g/mol. The molecule has 0 aliphatic carbocycles. The molecule has 108 valence electrons. The number of carbonyl (C=O) groups is 2. The molecule has 1 amide bonds. The highest BCUT2D eigenvalue weighted by atomic mass is 16.4. The Labute approximate surface area is 110 Å². The zero-order chi connectivity index (χ0) is 14.8. The van der Waals surface area contributed by atoms with Gasteiger partial charge < -0.3 is 15.1 Å². The van der Waals surface area contributed by atoms with Crippen LogP contribution in [0.4, 0.5) is 0 Å². The van der Waals surface area contributed by atoms with E-state index in [1.807, 2.05) is 27.7 Å². The summed E-state index contributed by atoms with van der Waals surface area (Å²) in [6.45, 7) is 10.5. The van der Waals surface area contributed by atoms with E-state index in [0.29, 0.717) is 25.9 Å². The lowest BCUT2D eigenvalue weighted by atomic mass is 9.95. The molecule has 0 aliphatic heterocycles. The highest BCUT2D eigenvalue weighted by Gasteiger charge is 2.34. The molecule has 0 aromatic rings. The molecule has 0 aliphatic rings. The standard InChI is InChI=1S/C10H21NO2.C3H6O2/c1-5-10(13,6-2)9(12)11(7-3)8-4;1-2-3(4)5/h13H,5-8H2,1-4H3;2H2,1H3,(H,4,5). The summed E-state index contributed by atoms with van der Waals surface area (Å²) in [5.41, 5.74) is -1.15. The molecule has 0 spiro atoms. The highest BCUT2D eigenvalue weighted by Crippen LogP contribution is 2.17. The number of hydrogen-bond donors (Lipinski definition) is 2. The molecule has 18 heavy (non-hydrogen) atoms. The molecule has 0 rings (SSSR count). The van der Waals surface area contributed by atoms with Crippen molar-refractivity contribution in [1.29, 1.82) is 0 Å². The summed E-state index contributed by atoms with van der Waals surface area (Å²) < 4.78 is 0. The van der Waals surface area contributed by atoms with E-state index in [0.717, 1.165) is 0 Å². The number of carbonyl (C=O) groups excluding carboxylic acids is 1. The minimum absolute atomic E-state index is 0.137. The summed E-state index contributed by atoms with van der Waals surface area (Å²) in [5, 5.41) is 17.7. The van der Waals surface area contributed by atoms with Crippen LogP contribution in [0.2, 0.25) is 0 Å². The van der Waals surface area contributed by atoms with Gasteiger partial charge in [-0.3, -0.25) is 9.59 Å². The molecule has 0 aromatic carbocycles. The number of carboxylic acid groups (broad SMARTS) is 1. The van der Waals surface area contributed by atoms with Crippen LogP contribution in [0, 0.1) is 0 Å². The Kier molecular flexibility index (Phi) is 10.6. The van der Waals surface area contributed by atoms with E-state index in [9.17, 15) is 14.7 Å². The van der Waals surface area contributed by atoms with Crippen LogP contribution in [0.3, 0.4) is 0 Å². The van der Waals surface area contributed by atoms with Gasteiger partial charge in [-0.25, -0.2) is 0 Å². The van der Waals surface area contributed by atoms with Gasteiger partial charge in [-0.05, 0) is 26.7 Å². The van der Waals surface area contributed by atoms with E-state index in [4.69, 9.17) is 5.11 Å². The highest BCUT2D eigenvalue weighted by molar-refractivity contribution is 5.84. The molecular formula is C13H27NO4. The Balaban J connectivity index is 0. The summed E-state index contributed by atoms with van der Waals surface area (Å²) in [6.07, 6.45) is 1.19. The fourth-order valence-electron chi connectivity index (χ4n) is 1.36. The molecule has 0 fully saturated rings. The van der Waals surface area contributed by atoms with Crippen LogP contribution in [0.25, 0.3) is 0 Å². The Morgan fingerprint density at radius 2 is 1.33 bits per heavy atom. The molecule has 0 unspecified atom stereocenters. The lowest BCUT2D eigenvalue weighted by Crippen LogP contribution is -2.48. The monoisotopic (exact) mass is 261 g/mol. The average Bonchev–Trinajstić information content (AvgIpc) is 2.39. The van der Waals surface area contributed by atoms with Gasteiger partial charge in [-0.2, -0.15) is 0 Å². The van der Waals surface area contributed by atoms with Crippen LogP contribution in [-0.4, -0.2) is 45.7 Å². The quantitative estimate of drug-likeness (QED) is 0.765. The Morgan fingerprint density at radius 3 is 1.50 bits per heavy atom. The lowest BCUT2D eigenvalue weighted by molar-refractivity contribution is -0.151. The van der Waals surface area contributed by atoms with Crippen LogP contribution < -0.4 is 0 Å². The van der Waals surface area contributed by atoms with Crippen molar-refractivity contribution in [3.8, 4) is 0 Å². The second-order valence-electron chi connectivity index (χ2n) is 3.96. The second kappa shape index (κ2) is 9.88. The van der Waals surface area contributed by atoms with Gasteiger partial charge in [0.2, 0.25) is 0 Å². The molecule has 5 heteroatoms. The van der Waals surface area contributed by atoms with Gasteiger partial charge in [0.05, 0.1) is 0 Å². The maximum Gasteiger partial charge on any atom is 0.303 e. The van der Waals surface area contributed by atoms with Gasteiger partial charge in [0.25, 0.3) is 5.91 Å². The van der Waals surface area contributed by atoms with Crippen LogP contribution in [0.1, 0.15) is 53.9 Å². The Hall–Kier alpha value is -1.10.